The normalized spacial score (nSPS) is 28.8. The molecule has 3 nitrogen and oxygen atoms in total. The summed E-state index contributed by atoms with van der Waals surface area (Å²) in [6.45, 7) is 6.94. The zero-order valence-corrected chi connectivity index (χ0v) is 17.4. The van der Waals surface area contributed by atoms with E-state index >= 15 is 0 Å². The van der Waals surface area contributed by atoms with Crippen LogP contribution in [-0.4, -0.2) is 34.6 Å². The second kappa shape index (κ2) is 6.73. The molecule has 2 saturated carbocycles. The molecule has 1 aliphatic heterocycles. The van der Waals surface area contributed by atoms with Crippen LogP contribution in [-0.2, 0) is 17.4 Å². The number of halogens is 3. The lowest BCUT2D eigenvalue weighted by atomic mass is 9.56. The molecule has 6 heteroatoms. The average Bonchev–Trinajstić information content (AvgIpc) is 2.51. The standard InChI is InChI=1S/C23H30F3NO2/c1-14(2)19-16(5-4-6-18(19)23(24,25)26)7-15-8-22(9-15)12-27(13-22)20(28)17-10-21(3,29)11-17/h4-6,14-15,17,29H,7-13H2,1-3H3/t17-,21+. The quantitative estimate of drug-likeness (QED) is 0.778. The summed E-state index contributed by atoms with van der Waals surface area (Å²) < 4.78 is 40.3. The van der Waals surface area contributed by atoms with Gasteiger partial charge in [0.15, 0.2) is 0 Å². The summed E-state index contributed by atoms with van der Waals surface area (Å²) in [6.07, 6.45) is -0.590. The summed E-state index contributed by atoms with van der Waals surface area (Å²) in [7, 11) is 0. The Hall–Kier alpha value is -1.56. The van der Waals surface area contributed by atoms with Crippen LogP contribution in [0.15, 0.2) is 18.2 Å². The van der Waals surface area contributed by atoms with Crippen molar-refractivity contribution < 1.29 is 23.1 Å². The van der Waals surface area contributed by atoms with Crippen molar-refractivity contribution >= 4 is 5.91 Å². The van der Waals surface area contributed by atoms with E-state index in [1.54, 1.807) is 6.92 Å². The Morgan fingerprint density at radius 2 is 1.83 bits per heavy atom. The topological polar surface area (TPSA) is 40.5 Å². The van der Waals surface area contributed by atoms with Crippen molar-refractivity contribution in [3.63, 3.8) is 0 Å². The minimum atomic E-state index is -4.32. The molecule has 4 rings (SSSR count). The van der Waals surface area contributed by atoms with Gasteiger partial charge in [0.1, 0.15) is 0 Å². The van der Waals surface area contributed by atoms with Crippen molar-refractivity contribution in [1.82, 2.24) is 4.90 Å². The van der Waals surface area contributed by atoms with Gasteiger partial charge in [-0.05, 0) is 68.1 Å². The molecule has 1 saturated heterocycles. The Morgan fingerprint density at radius 1 is 1.21 bits per heavy atom. The van der Waals surface area contributed by atoms with E-state index in [9.17, 15) is 23.1 Å². The molecule has 1 aromatic rings. The van der Waals surface area contributed by atoms with E-state index in [0.717, 1.165) is 31.5 Å². The smallest absolute Gasteiger partial charge is 0.390 e. The Morgan fingerprint density at radius 3 is 2.34 bits per heavy atom. The highest BCUT2D eigenvalue weighted by molar-refractivity contribution is 5.81. The van der Waals surface area contributed by atoms with Gasteiger partial charge in [0.05, 0.1) is 11.2 Å². The molecule has 0 unspecified atom stereocenters. The minimum absolute atomic E-state index is 0.0445. The molecular weight excluding hydrogens is 379 g/mol. The molecule has 160 valence electrons. The lowest BCUT2D eigenvalue weighted by Crippen LogP contribution is -2.66. The number of likely N-dealkylation sites (tertiary alicyclic amines) is 1. The van der Waals surface area contributed by atoms with E-state index in [2.05, 4.69) is 0 Å². The zero-order valence-electron chi connectivity index (χ0n) is 17.4. The first-order chi connectivity index (χ1) is 13.4. The number of alkyl halides is 3. The van der Waals surface area contributed by atoms with Crippen LogP contribution in [0.1, 0.15) is 69.1 Å². The molecule has 1 amide bonds. The van der Waals surface area contributed by atoms with Gasteiger partial charge in [-0.15, -0.1) is 0 Å². The van der Waals surface area contributed by atoms with Crippen LogP contribution < -0.4 is 0 Å². The predicted molar refractivity (Wildman–Crippen MR) is 104 cm³/mol. The second-order valence-corrected chi connectivity index (χ2v) is 10.3. The highest BCUT2D eigenvalue weighted by Gasteiger charge is 2.55. The summed E-state index contributed by atoms with van der Waals surface area (Å²) in [5.41, 5.74) is 0.230. The molecule has 0 radical (unpaired) electrons. The predicted octanol–water partition coefficient (Wildman–Crippen LogP) is 4.77. The van der Waals surface area contributed by atoms with Crippen LogP contribution in [0.3, 0.4) is 0 Å². The summed E-state index contributed by atoms with van der Waals surface area (Å²) in [5.74, 6) is 0.327. The van der Waals surface area contributed by atoms with Crippen molar-refractivity contribution in [1.29, 1.82) is 0 Å². The third kappa shape index (κ3) is 3.80. The summed E-state index contributed by atoms with van der Waals surface area (Å²) in [6, 6.07) is 4.55. The van der Waals surface area contributed by atoms with Crippen molar-refractivity contribution in [2.45, 2.75) is 70.6 Å². The molecule has 1 aromatic carbocycles. The molecule has 1 heterocycles. The number of amides is 1. The van der Waals surface area contributed by atoms with Crippen LogP contribution in [0.25, 0.3) is 0 Å². The number of hydrogen-bond donors (Lipinski definition) is 1. The SMILES string of the molecule is CC(C)c1c(CC2CC3(C2)CN(C(=O)[C@H]2C[C@@](C)(O)C2)C3)cccc1C(F)(F)F. The average molecular weight is 409 g/mol. The fraction of sp³-hybridized carbons (Fsp3) is 0.696. The maximum absolute atomic E-state index is 13.4. The summed E-state index contributed by atoms with van der Waals surface area (Å²) in [5, 5.41) is 9.83. The van der Waals surface area contributed by atoms with Crippen LogP contribution in [0.4, 0.5) is 13.2 Å². The monoisotopic (exact) mass is 409 g/mol. The number of benzene rings is 1. The third-order valence-electron chi connectivity index (χ3n) is 7.12. The number of rotatable bonds is 4. The summed E-state index contributed by atoms with van der Waals surface area (Å²) in [4.78, 5) is 14.4. The van der Waals surface area contributed by atoms with Gasteiger partial charge < -0.3 is 10.0 Å². The lowest BCUT2D eigenvalue weighted by molar-refractivity contribution is -0.171. The fourth-order valence-electron chi connectivity index (χ4n) is 5.95. The highest BCUT2D eigenvalue weighted by atomic mass is 19.4. The van der Waals surface area contributed by atoms with Crippen LogP contribution >= 0.6 is 0 Å². The molecule has 1 N–H and O–H groups in total. The number of hydrogen-bond acceptors (Lipinski definition) is 2. The number of carbonyl (C=O) groups excluding carboxylic acids is 1. The Bertz CT molecular complexity index is 793. The third-order valence-corrected chi connectivity index (χ3v) is 7.12. The zero-order chi connectivity index (χ0) is 21.2. The molecule has 29 heavy (non-hydrogen) atoms. The number of nitrogens with zero attached hydrogens (tertiary/aromatic N) is 1. The first kappa shape index (κ1) is 20.7. The molecular formula is C23H30F3NO2. The van der Waals surface area contributed by atoms with Gasteiger partial charge in [-0.1, -0.05) is 26.0 Å². The van der Waals surface area contributed by atoms with Crippen LogP contribution in [0.2, 0.25) is 0 Å². The molecule has 0 atom stereocenters. The van der Waals surface area contributed by atoms with Gasteiger partial charge in [0.25, 0.3) is 0 Å². The largest absolute Gasteiger partial charge is 0.416 e. The van der Waals surface area contributed by atoms with Gasteiger partial charge in [-0.2, -0.15) is 13.2 Å². The maximum atomic E-state index is 13.4. The molecule has 0 aromatic heterocycles. The first-order valence-electron chi connectivity index (χ1n) is 10.6. The van der Waals surface area contributed by atoms with E-state index in [-0.39, 0.29) is 23.2 Å². The van der Waals surface area contributed by atoms with Crippen LogP contribution in [0, 0.1) is 17.3 Å². The van der Waals surface area contributed by atoms with Gasteiger partial charge in [0.2, 0.25) is 5.91 Å². The summed E-state index contributed by atoms with van der Waals surface area (Å²) >= 11 is 0. The van der Waals surface area contributed by atoms with Crippen molar-refractivity contribution in [3.05, 3.63) is 34.9 Å². The highest BCUT2D eigenvalue weighted by Crippen LogP contribution is 2.54. The minimum Gasteiger partial charge on any atom is -0.390 e. The fourth-order valence-corrected chi connectivity index (χ4v) is 5.95. The van der Waals surface area contributed by atoms with Crippen molar-refractivity contribution in [2.75, 3.05) is 13.1 Å². The van der Waals surface area contributed by atoms with E-state index in [1.807, 2.05) is 24.8 Å². The van der Waals surface area contributed by atoms with Gasteiger partial charge in [-0.25, -0.2) is 0 Å². The first-order valence-corrected chi connectivity index (χ1v) is 10.6. The molecule has 0 bridgehead atoms. The van der Waals surface area contributed by atoms with Crippen LogP contribution in [0.5, 0.6) is 0 Å². The van der Waals surface area contributed by atoms with Gasteiger partial charge >= 0.3 is 6.18 Å². The molecule has 1 spiro atoms. The maximum Gasteiger partial charge on any atom is 0.416 e. The molecule has 3 fully saturated rings. The van der Waals surface area contributed by atoms with Crippen molar-refractivity contribution in [2.24, 2.45) is 17.3 Å². The van der Waals surface area contributed by atoms with E-state index in [0.29, 0.717) is 30.7 Å². The Balaban J connectivity index is 1.34. The molecule has 2 aliphatic carbocycles. The van der Waals surface area contributed by atoms with E-state index < -0.39 is 17.3 Å². The Kier molecular flexibility index (Phi) is 4.80. The number of carbonyl (C=O) groups is 1. The number of aliphatic hydroxyl groups is 1. The Labute approximate surface area is 170 Å². The van der Waals surface area contributed by atoms with Gasteiger partial charge in [0, 0.05) is 24.4 Å². The van der Waals surface area contributed by atoms with Crippen molar-refractivity contribution in [3.8, 4) is 0 Å². The van der Waals surface area contributed by atoms with E-state index in [4.69, 9.17) is 0 Å². The second-order valence-electron chi connectivity index (χ2n) is 10.3. The lowest BCUT2D eigenvalue weighted by Gasteiger charge is -2.60. The van der Waals surface area contributed by atoms with Gasteiger partial charge in [-0.3, -0.25) is 4.79 Å². The molecule has 3 aliphatic rings. The van der Waals surface area contributed by atoms with E-state index in [1.165, 1.54) is 12.1 Å².